The third-order valence-corrected chi connectivity index (χ3v) is 4.79. The zero-order valence-electron chi connectivity index (χ0n) is 11.4. The number of aliphatic hydroxyl groups excluding tert-OH is 1. The fourth-order valence-electron chi connectivity index (χ4n) is 2.75. The minimum Gasteiger partial charge on any atom is -0.389 e. The lowest BCUT2D eigenvalue weighted by Gasteiger charge is -2.13. The van der Waals surface area contributed by atoms with Crippen LogP contribution in [0.1, 0.15) is 36.1 Å². The van der Waals surface area contributed by atoms with Crippen molar-refractivity contribution in [3.63, 3.8) is 0 Å². The molecule has 0 heterocycles. The Morgan fingerprint density at radius 2 is 1.95 bits per heavy atom. The molecule has 1 atom stereocenters. The Hall–Kier alpha value is -1.32. The van der Waals surface area contributed by atoms with Crippen LogP contribution in [0.5, 0.6) is 0 Å². The summed E-state index contributed by atoms with van der Waals surface area (Å²) < 4.78 is 13.8. The van der Waals surface area contributed by atoms with Crippen molar-refractivity contribution in [3.05, 3.63) is 58.9 Å². The first-order valence-electron chi connectivity index (χ1n) is 6.91. The smallest absolute Gasteiger partial charge is 0.130 e. The molecule has 3 heteroatoms. The molecular formula is C17H17FOS. The lowest BCUT2D eigenvalue weighted by molar-refractivity contribution is 0.191. The van der Waals surface area contributed by atoms with Crippen molar-refractivity contribution in [2.75, 3.05) is 0 Å². The molecule has 1 aliphatic rings. The molecule has 104 valence electrons. The molecule has 0 saturated heterocycles. The summed E-state index contributed by atoms with van der Waals surface area (Å²) in [6.07, 6.45) is 2.73. The fourth-order valence-corrected chi connectivity index (χ4v) is 3.87. The SMILES string of the molecule is CC(O)c1c(F)cccc1Sc1ccc2c(c1)CCC2. The van der Waals surface area contributed by atoms with Crippen LogP contribution in [-0.2, 0) is 12.8 Å². The van der Waals surface area contributed by atoms with Crippen molar-refractivity contribution in [1.29, 1.82) is 0 Å². The highest BCUT2D eigenvalue weighted by Crippen LogP contribution is 2.36. The van der Waals surface area contributed by atoms with E-state index in [-0.39, 0.29) is 5.82 Å². The van der Waals surface area contributed by atoms with Gasteiger partial charge in [0, 0.05) is 15.4 Å². The van der Waals surface area contributed by atoms with Gasteiger partial charge < -0.3 is 5.11 Å². The van der Waals surface area contributed by atoms with E-state index in [0.717, 1.165) is 16.2 Å². The fraction of sp³-hybridized carbons (Fsp3) is 0.294. The van der Waals surface area contributed by atoms with Crippen LogP contribution in [0.4, 0.5) is 4.39 Å². The van der Waals surface area contributed by atoms with Gasteiger partial charge in [0.15, 0.2) is 0 Å². The van der Waals surface area contributed by atoms with E-state index in [1.54, 1.807) is 13.0 Å². The van der Waals surface area contributed by atoms with Gasteiger partial charge in [-0.3, -0.25) is 0 Å². The number of halogens is 1. The van der Waals surface area contributed by atoms with Crippen LogP contribution in [-0.4, -0.2) is 5.11 Å². The molecule has 0 saturated carbocycles. The van der Waals surface area contributed by atoms with Crippen LogP contribution in [0.15, 0.2) is 46.2 Å². The van der Waals surface area contributed by atoms with Gasteiger partial charge in [0.05, 0.1) is 6.10 Å². The molecule has 0 aliphatic heterocycles. The summed E-state index contributed by atoms with van der Waals surface area (Å²) in [5, 5.41) is 9.76. The van der Waals surface area contributed by atoms with Crippen LogP contribution in [0.3, 0.4) is 0 Å². The second-order valence-electron chi connectivity index (χ2n) is 5.21. The molecule has 1 nitrogen and oxygen atoms in total. The maximum absolute atomic E-state index is 13.8. The molecule has 0 bridgehead atoms. The average molecular weight is 288 g/mol. The Balaban J connectivity index is 1.93. The van der Waals surface area contributed by atoms with Gasteiger partial charge in [0.25, 0.3) is 0 Å². The summed E-state index contributed by atoms with van der Waals surface area (Å²) in [5.41, 5.74) is 3.23. The van der Waals surface area contributed by atoms with E-state index in [2.05, 4.69) is 18.2 Å². The largest absolute Gasteiger partial charge is 0.389 e. The van der Waals surface area contributed by atoms with Crippen LogP contribution in [0.25, 0.3) is 0 Å². The second-order valence-corrected chi connectivity index (χ2v) is 6.33. The number of fused-ring (bicyclic) bond motifs is 1. The third kappa shape index (κ3) is 2.60. The summed E-state index contributed by atoms with van der Waals surface area (Å²) >= 11 is 1.52. The molecule has 1 unspecified atom stereocenters. The number of hydrogen-bond donors (Lipinski definition) is 1. The highest BCUT2D eigenvalue weighted by molar-refractivity contribution is 7.99. The normalized spacial score (nSPS) is 15.2. The quantitative estimate of drug-likeness (QED) is 0.896. The Kier molecular flexibility index (Phi) is 3.81. The van der Waals surface area contributed by atoms with E-state index >= 15 is 0 Å². The molecule has 0 spiro atoms. The maximum atomic E-state index is 13.8. The minimum absolute atomic E-state index is 0.342. The molecule has 2 aromatic carbocycles. The molecule has 0 aromatic heterocycles. The zero-order valence-corrected chi connectivity index (χ0v) is 12.2. The van der Waals surface area contributed by atoms with Crippen LogP contribution in [0, 0.1) is 5.82 Å². The summed E-state index contributed by atoms with van der Waals surface area (Å²) in [4.78, 5) is 1.90. The number of aliphatic hydroxyl groups is 1. The molecule has 2 aromatic rings. The molecule has 1 aliphatic carbocycles. The highest BCUT2D eigenvalue weighted by atomic mass is 32.2. The highest BCUT2D eigenvalue weighted by Gasteiger charge is 2.16. The van der Waals surface area contributed by atoms with Gasteiger partial charge in [0.1, 0.15) is 5.82 Å². The first kappa shape index (κ1) is 13.7. The van der Waals surface area contributed by atoms with Crippen molar-refractivity contribution in [3.8, 4) is 0 Å². The van der Waals surface area contributed by atoms with E-state index in [4.69, 9.17) is 0 Å². The van der Waals surface area contributed by atoms with Gasteiger partial charge >= 0.3 is 0 Å². The second kappa shape index (κ2) is 5.58. The van der Waals surface area contributed by atoms with Crippen molar-refractivity contribution in [1.82, 2.24) is 0 Å². The Morgan fingerprint density at radius 3 is 2.75 bits per heavy atom. The number of benzene rings is 2. The van der Waals surface area contributed by atoms with Gasteiger partial charge in [0.2, 0.25) is 0 Å². The summed E-state index contributed by atoms with van der Waals surface area (Å²) in [7, 11) is 0. The number of rotatable bonds is 3. The number of aryl methyl sites for hydroxylation is 2. The predicted molar refractivity (Wildman–Crippen MR) is 79.6 cm³/mol. The Morgan fingerprint density at radius 1 is 1.15 bits per heavy atom. The third-order valence-electron chi connectivity index (χ3n) is 3.73. The van der Waals surface area contributed by atoms with E-state index in [9.17, 15) is 9.50 Å². The van der Waals surface area contributed by atoms with Crippen LogP contribution < -0.4 is 0 Å². The van der Waals surface area contributed by atoms with E-state index < -0.39 is 6.10 Å². The predicted octanol–water partition coefficient (Wildman–Crippen LogP) is 4.52. The molecule has 3 rings (SSSR count). The van der Waals surface area contributed by atoms with Gasteiger partial charge in [-0.25, -0.2) is 4.39 Å². The molecule has 0 radical (unpaired) electrons. The van der Waals surface area contributed by atoms with Crippen molar-refractivity contribution < 1.29 is 9.50 Å². The van der Waals surface area contributed by atoms with E-state index in [0.29, 0.717) is 5.56 Å². The average Bonchev–Trinajstić information content (AvgIpc) is 2.85. The van der Waals surface area contributed by atoms with E-state index in [1.165, 1.54) is 41.8 Å². The van der Waals surface area contributed by atoms with Crippen molar-refractivity contribution in [2.45, 2.75) is 42.1 Å². The summed E-state index contributed by atoms with van der Waals surface area (Å²) in [5.74, 6) is -0.342. The molecule has 1 N–H and O–H groups in total. The van der Waals surface area contributed by atoms with Crippen molar-refractivity contribution in [2.24, 2.45) is 0 Å². The van der Waals surface area contributed by atoms with Gasteiger partial charge in [-0.2, -0.15) is 0 Å². The Labute approximate surface area is 122 Å². The first-order valence-corrected chi connectivity index (χ1v) is 7.73. The van der Waals surface area contributed by atoms with Gasteiger partial charge in [-0.1, -0.05) is 23.9 Å². The van der Waals surface area contributed by atoms with Crippen LogP contribution in [0.2, 0.25) is 0 Å². The lowest BCUT2D eigenvalue weighted by atomic mass is 10.1. The Bertz CT molecular complexity index is 637. The van der Waals surface area contributed by atoms with Crippen molar-refractivity contribution >= 4 is 11.8 Å². The molecular weight excluding hydrogens is 271 g/mol. The lowest BCUT2D eigenvalue weighted by Crippen LogP contribution is -1.98. The first-order chi connectivity index (χ1) is 9.65. The van der Waals surface area contributed by atoms with Gasteiger partial charge in [-0.15, -0.1) is 0 Å². The standard InChI is InChI=1S/C17H17FOS/c1-11(19)17-15(18)6-3-7-16(17)20-14-9-8-12-4-2-5-13(12)10-14/h3,6-11,19H,2,4-5H2,1H3. The van der Waals surface area contributed by atoms with Crippen LogP contribution >= 0.6 is 11.8 Å². The summed E-state index contributed by atoms with van der Waals surface area (Å²) in [6.45, 7) is 1.60. The molecule has 0 amide bonds. The molecule has 0 fully saturated rings. The zero-order chi connectivity index (χ0) is 14.1. The maximum Gasteiger partial charge on any atom is 0.130 e. The van der Waals surface area contributed by atoms with Gasteiger partial charge in [-0.05, 0) is 61.6 Å². The van der Waals surface area contributed by atoms with E-state index in [1.807, 2.05) is 6.07 Å². The minimum atomic E-state index is -0.798. The number of hydrogen-bond acceptors (Lipinski definition) is 2. The monoisotopic (exact) mass is 288 g/mol. The summed E-state index contributed by atoms with van der Waals surface area (Å²) in [6, 6.07) is 11.4. The molecule has 20 heavy (non-hydrogen) atoms. The topological polar surface area (TPSA) is 20.2 Å².